The Kier molecular flexibility index (Phi) is 6.45. The normalized spacial score (nSPS) is 17.7. The maximum atomic E-state index is 11.9. The Bertz CT molecular complexity index is 554. The number of carboxylic acids is 1. The molecule has 0 bridgehead atoms. The minimum atomic E-state index is -0.834. The number of likely N-dealkylation sites (N-methyl/N-ethyl adjacent to an activating group) is 1. The van der Waals surface area contributed by atoms with Gasteiger partial charge in [0, 0.05) is 26.2 Å². The Morgan fingerprint density at radius 2 is 1.88 bits per heavy atom. The second-order valence-corrected chi connectivity index (χ2v) is 6.39. The Labute approximate surface area is 144 Å². The molecule has 0 amide bonds. The Hall–Kier alpha value is -1.79. The molecule has 134 valence electrons. The number of carbonyl (C=O) groups is 1. The predicted molar refractivity (Wildman–Crippen MR) is 92.8 cm³/mol. The van der Waals surface area contributed by atoms with Gasteiger partial charge < -0.3 is 19.5 Å². The van der Waals surface area contributed by atoms with Crippen LogP contribution in [0, 0.1) is 0 Å². The van der Waals surface area contributed by atoms with Crippen LogP contribution in [0.15, 0.2) is 18.2 Å². The zero-order valence-corrected chi connectivity index (χ0v) is 15.0. The first kappa shape index (κ1) is 18.5. The van der Waals surface area contributed by atoms with Crippen LogP contribution in [0.4, 0.5) is 0 Å². The van der Waals surface area contributed by atoms with Crippen molar-refractivity contribution >= 4 is 5.97 Å². The van der Waals surface area contributed by atoms with Gasteiger partial charge in [-0.15, -0.1) is 0 Å². The maximum Gasteiger partial charge on any atom is 0.325 e. The molecule has 6 nitrogen and oxygen atoms in total. The lowest BCUT2D eigenvalue weighted by atomic mass is 10.0. The second-order valence-electron chi connectivity index (χ2n) is 6.39. The lowest BCUT2D eigenvalue weighted by molar-refractivity contribution is -0.144. The van der Waals surface area contributed by atoms with Crippen molar-refractivity contribution in [1.29, 1.82) is 0 Å². The van der Waals surface area contributed by atoms with Crippen molar-refractivity contribution in [3.8, 4) is 11.5 Å². The number of hydrogen-bond acceptors (Lipinski definition) is 5. The fourth-order valence-corrected chi connectivity index (χ4v) is 2.90. The largest absolute Gasteiger partial charge is 0.490 e. The first-order valence-corrected chi connectivity index (χ1v) is 8.51. The number of benzene rings is 1. The van der Waals surface area contributed by atoms with Gasteiger partial charge in [-0.05, 0) is 45.5 Å². The third-order valence-corrected chi connectivity index (χ3v) is 4.08. The van der Waals surface area contributed by atoms with Gasteiger partial charge in [0.1, 0.15) is 6.04 Å². The minimum Gasteiger partial charge on any atom is -0.490 e. The summed E-state index contributed by atoms with van der Waals surface area (Å²) in [6, 6.07) is 4.79. The number of rotatable bonds is 7. The van der Waals surface area contributed by atoms with Crippen LogP contribution in [0.3, 0.4) is 0 Å². The van der Waals surface area contributed by atoms with E-state index >= 15 is 0 Å². The van der Waals surface area contributed by atoms with Crippen LogP contribution in [-0.4, -0.2) is 66.8 Å². The molecule has 1 aliphatic heterocycles. The molecule has 1 atom stereocenters. The van der Waals surface area contributed by atoms with E-state index in [0.29, 0.717) is 18.1 Å². The average molecular weight is 336 g/mol. The molecule has 0 spiro atoms. The topological polar surface area (TPSA) is 62.2 Å². The molecule has 0 aromatic heterocycles. The number of hydrogen-bond donors (Lipinski definition) is 1. The Morgan fingerprint density at radius 1 is 1.21 bits per heavy atom. The van der Waals surface area contributed by atoms with E-state index in [4.69, 9.17) is 9.47 Å². The predicted octanol–water partition coefficient (Wildman–Crippen LogP) is 2.25. The molecule has 1 fully saturated rings. The van der Waals surface area contributed by atoms with Gasteiger partial charge in [-0.3, -0.25) is 9.69 Å². The summed E-state index contributed by atoms with van der Waals surface area (Å²) in [6.45, 7) is 9.53. The molecule has 1 N–H and O–H groups in total. The number of nitrogens with zero attached hydrogens (tertiary/aromatic N) is 2. The maximum absolute atomic E-state index is 11.9. The van der Waals surface area contributed by atoms with Gasteiger partial charge in [-0.2, -0.15) is 0 Å². The van der Waals surface area contributed by atoms with Gasteiger partial charge in [0.15, 0.2) is 11.5 Å². The number of aliphatic carboxylic acids is 1. The summed E-state index contributed by atoms with van der Waals surface area (Å²) in [5.74, 6) is 0.418. The standard InChI is InChI=1S/C18H28N2O4/c1-5-23-16-12-14(6-7-15(16)24-13(2)3)17(18(21)22)20-10-8-19(4)9-11-20/h6-7,12-13,17H,5,8-11H2,1-4H3,(H,21,22). The molecule has 1 aromatic carbocycles. The monoisotopic (exact) mass is 336 g/mol. The van der Waals surface area contributed by atoms with Crippen molar-refractivity contribution in [2.45, 2.75) is 32.9 Å². The molecular weight excluding hydrogens is 308 g/mol. The molecule has 1 heterocycles. The molecule has 2 rings (SSSR count). The SMILES string of the molecule is CCOc1cc(C(C(=O)O)N2CCN(C)CC2)ccc1OC(C)C. The van der Waals surface area contributed by atoms with E-state index in [9.17, 15) is 9.90 Å². The van der Waals surface area contributed by atoms with E-state index in [1.807, 2.05) is 37.8 Å². The molecule has 1 aromatic rings. The first-order valence-electron chi connectivity index (χ1n) is 8.51. The van der Waals surface area contributed by atoms with Crippen LogP contribution in [-0.2, 0) is 4.79 Å². The summed E-state index contributed by atoms with van der Waals surface area (Å²) < 4.78 is 11.4. The molecule has 0 radical (unpaired) electrons. The summed E-state index contributed by atoms with van der Waals surface area (Å²) in [5, 5.41) is 9.75. The van der Waals surface area contributed by atoms with E-state index in [-0.39, 0.29) is 6.10 Å². The first-order chi connectivity index (χ1) is 11.4. The molecule has 24 heavy (non-hydrogen) atoms. The highest BCUT2D eigenvalue weighted by Gasteiger charge is 2.30. The lowest BCUT2D eigenvalue weighted by Crippen LogP contribution is -2.47. The van der Waals surface area contributed by atoms with Crippen molar-refractivity contribution in [3.63, 3.8) is 0 Å². The van der Waals surface area contributed by atoms with Crippen LogP contribution >= 0.6 is 0 Å². The van der Waals surface area contributed by atoms with Gasteiger partial charge in [0.05, 0.1) is 12.7 Å². The van der Waals surface area contributed by atoms with Crippen molar-refractivity contribution in [2.24, 2.45) is 0 Å². The lowest BCUT2D eigenvalue weighted by Gasteiger charge is -2.36. The zero-order valence-electron chi connectivity index (χ0n) is 15.0. The molecule has 6 heteroatoms. The van der Waals surface area contributed by atoms with Gasteiger partial charge in [-0.1, -0.05) is 6.07 Å². The van der Waals surface area contributed by atoms with Gasteiger partial charge in [-0.25, -0.2) is 0 Å². The van der Waals surface area contributed by atoms with Crippen molar-refractivity contribution in [3.05, 3.63) is 23.8 Å². The van der Waals surface area contributed by atoms with Crippen molar-refractivity contribution in [1.82, 2.24) is 9.80 Å². The van der Waals surface area contributed by atoms with Crippen LogP contribution in [0.2, 0.25) is 0 Å². The van der Waals surface area contributed by atoms with E-state index in [0.717, 1.165) is 31.7 Å². The molecule has 1 unspecified atom stereocenters. The van der Waals surface area contributed by atoms with Gasteiger partial charge in [0.2, 0.25) is 0 Å². The van der Waals surface area contributed by atoms with E-state index < -0.39 is 12.0 Å². The highest BCUT2D eigenvalue weighted by Crippen LogP contribution is 2.33. The fourth-order valence-electron chi connectivity index (χ4n) is 2.90. The summed E-state index contributed by atoms with van der Waals surface area (Å²) in [4.78, 5) is 16.1. The average Bonchev–Trinajstić information content (AvgIpc) is 2.51. The minimum absolute atomic E-state index is 0.0305. The van der Waals surface area contributed by atoms with Crippen LogP contribution < -0.4 is 9.47 Å². The number of carboxylic acid groups (broad SMARTS) is 1. The highest BCUT2D eigenvalue weighted by molar-refractivity contribution is 5.76. The summed E-state index contributed by atoms with van der Waals surface area (Å²) >= 11 is 0. The summed E-state index contributed by atoms with van der Waals surface area (Å²) in [5.41, 5.74) is 0.728. The van der Waals surface area contributed by atoms with Gasteiger partial charge in [0.25, 0.3) is 0 Å². The Morgan fingerprint density at radius 3 is 2.42 bits per heavy atom. The van der Waals surface area contributed by atoms with Crippen molar-refractivity contribution in [2.75, 3.05) is 39.8 Å². The fraction of sp³-hybridized carbons (Fsp3) is 0.611. The van der Waals surface area contributed by atoms with Crippen LogP contribution in [0.5, 0.6) is 11.5 Å². The summed E-state index contributed by atoms with van der Waals surface area (Å²) in [6.07, 6.45) is 0.0305. The second kappa shape index (κ2) is 8.35. The molecular formula is C18H28N2O4. The molecule has 1 saturated heterocycles. The third-order valence-electron chi connectivity index (χ3n) is 4.08. The molecule has 1 aliphatic rings. The van der Waals surface area contributed by atoms with E-state index in [2.05, 4.69) is 11.9 Å². The zero-order chi connectivity index (χ0) is 17.7. The van der Waals surface area contributed by atoms with Crippen LogP contribution in [0.25, 0.3) is 0 Å². The smallest absolute Gasteiger partial charge is 0.325 e. The van der Waals surface area contributed by atoms with Gasteiger partial charge >= 0.3 is 5.97 Å². The Balaban J connectivity index is 2.29. The third kappa shape index (κ3) is 4.61. The number of ether oxygens (including phenoxy) is 2. The summed E-state index contributed by atoms with van der Waals surface area (Å²) in [7, 11) is 2.05. The van der Waals surface area contributed by atoms with E-state index in [1.54, 1.807) is 6.07 Å². The van der Waals surface area contributed by atoms with E-state index in [1.165, 1.54) is 0 Å². The quantitative estimate of drug-likeness (QED) is 0.824. The highest BCUT2D eigenvalue weighted by atomic mass is 16.5. The van der Waals surface area contributed by atoms with Crippen molar-refractivity contribution < 1.29 is 19.4 Å². The molecule has 0 aliphatic carbocycles. The van der Waals surface area contributed by atoms with Crippen LogP contribution in [0.1, 0.15) is 32.4 Å². The molecule has 0 saturated carbocycles. The number of piperazine rings is 1.